The van der Waals surface area contributed by atoms with E-state index in [0.717, 1.165) is 52.2 Å². The molecule has 0 spiro atoms. The van der Waals surface area contributed by atoms with Gasteiger partial charge in [0.1, 0.15) is 0 Å². The Labute approximate surface area is 116 Å². The Kier molecular flexibility index (Phi) is 5.60. The zero-order chi connectivity index (χ0) is 13.7. The molecule has 0 aromatic heterocycles. The van der Waals surface area contributed by atoms with Gasteiger partial charge in [0.05, 0.1) is 6.04 Å². The summed E-state index contributed by atoms with van der Waals surface area (Å²) in [6.07, 6.45) is 2.34. The largest absolute Gasteiger partial charge is 0.353 e. The van der Waals surface area contributed by atoms with Crippen LogP contribution in [-0.2, 0) is 4.79 Å². The molecule has 110 valence electrons. The molecule has 2 fully saturated rings. The quantitative estimate of drug-likeness (QED) is 0.737. The zero-order valence-corrected chi connectivity index (χ0v) is 12.3. The first kappa shape index (κ1) is 14.8. The summed E-state index contributed by atoms with van der Waals surface area (Å²) in [6, 6.07) is 0.0150. The highest BCUT2D eigenvalue weighted by atomic mass is 16.2. The van der Waals surface area contributed by atoms with E-state index in [4.69, 9.17) is 0 Å². The van der Waals surface area contributed by atoms with Crippen LogP contribution in [0.3, 0.4) is 0 Å². The van der Waals surface area contributed by atoms with Crippen molar-refractivity contribution in [1.29, 1.82) is 0 Å². The van der Waals surface area contributed by atoms with E-state index in [9.17, 15) is 4.79 Å². The third-order valence-electron chi connectivity index (χ3n) is 4.38. The Morgan fingerprint density at radius 3 is 2.74 bits per heavy atom. The number of nitrogens with zero attached hydrogens (tertiary/aromatic N) is 2. The molecule has 0 aromatic carbocycles. The van der Waals surface area contributed by atoms with Crippen LogP contribution in [0.1, 0.15) is 19.8 Å². The molecule has 2 saturated heterocycles. The van der Waals surface area contributed by atoms with Crippen LogP contribution in [0.25, 0.3) is 0 Å². The van der Waals surface area contributed by atoms with Crippen molar-refractivity contribution in [3.05, 3.63) is 0 Å². The van der Waals surface area contributed by atoms with Gasteiger partial charge in [-0.1, -0.05) is 6.92 Å². The Hall–Kier alpha value is -0.650. The van der Waals surface area contributed by atoms with Crippen LogP contribution in [-0.4, -0.2) is 74.6 Å². The van der Waals surface area contributed by atoms with Crippen LogP contribution < -0.4 is 10.6 Å². The Balaban J connectivity index is 1.63. The normalized spacial score (nSPS) is 30.2. The summed E-state index contributed by atoms with van der Waals surface area (Å²) in [5.41, 5.74) is 0. The molecule has 2 aliphatic rings. The minimum Gasteiger partial charge on any atom is -0.353 e. The lowest BCUT2D eigenvalue weighted by Crippen LogP contribution is -2.52. The summed E-state index contributed by atoms with van der Waals surface area (Å²) in [5, 5.41) is 6.42. The topological polar surface area (TPSA) is 47.6 Å². The smallest absolute Gasteiger partial charge is 0.237 e. The van der Waals surface area contributed by atoms with Gasteiger partial charge in [-0.25, -0.2) is 0 Å². The summed E-state index contributed by atoms with van der Waals surface area (Å²) >= 11 is 0. The van der Waals surface area contributed by atoms with E-state index in [2.05, 4.69) is 34.4 Å². The number of carbonyl (C=O) groups is 1. The SMILES string of the molecule is CC1CCCNC1C(=O)NCCN1CCN(C)CC1. The summed E-state index contributed by atoms with van der Waals surface area (Å²) in [7, 11) is 2.16. The van der Waals surface area contributed by atoms with Gasteiger partial charge >= 0.3 is 0 Å². The number of nitrogens with one attached hydrogen (secondary N) is 2. The second-order valence-electron chi connectivity index (χ2n) is 5.99. The van der Waals surface area contributed by atoms with Crippen LogP contribution in [0.4, 0.5) is 0 Å². The van der Waals surface area contributed by atoms with Gasteiger partial charge in [0.25, 0.3) is 0 Å². The standard InChI is InChI=1S/C14H28N4O/c1-12-4-3-5-15-13(12)14(19)16-6-7-18-10-8-17(2)9-11-18/h12-13,15H,3-11H2,1-2H3,(H,16,19). The van der Waals surface area contributed by atoms with Gasteiger partial charge < -0.3 is 15.5 Å². The Morgan fingerprint density at radius 2 is 2.05 bits per heavy atom. The van der Waals surface area contributed by atoms with Crippen LogP contribution >= 0.6 is 0 Å². The van der Waals surface area contributed by atoms with Crippen molar-refractivity contribution >= 4 is 5.91 Å². The van der Waals surface area contributed by atoms with Crippen LogP contribution in [0.5, 0.6) is 0 Å². The fraction of sp³-hybridized carbons (Fsp3) is 0.929. The Bertz CT molecular complexity index is 289. The highest BCUT2D eigenvalue weighted by molar-refractivity contribution is 5.82. The first-order valence-electron chi connectivity index (χ1n) is 7.59. The highest BCUT2D eigenvalue weighted by Gasteiger charge is 2.27. The third kappa shape index (κ3) is 4.44. The predicted molar refractivity (Wildman–Crippen MR) is 77.1 cm³/mol. The summed E-state index contributed by atoms with van der Waals surface area (Å²) in [5.74, 6) is 0.638. The summed E-state index contributed by atoms with van der Waals surface area (Å²) in [4.78, 5) is 16.9. The number of carbonyl (C=O) groups excluding carboxylic acids is 1. The minimum absolute atomic E-state index is 0.0150. The lowest BCUT2D eigenvalue weighted by Gasteiger charge is -2.33. The second-order valence-corrected chi connectivity index (χ2v) is 5.99. The van der Waals surface area contributed by atoms with Crippen molar-refractivity contribution in [2.24, 2.45) is 5.92 Å². The van der Waals surface area contributed by atoms with Gasteiger partial charge in [-0.15, -0.1) is 0 Å². The number of likely N-dealkylation sites (N-methyl/N-ethyl adjacent to an activating group) is 1. The van der Waals surface area contributed by atoms with Gasteiger partial charge in [0.15, 0.2) is 0 Å². The maximum atomic E-state index is 12.1. The van der Waals surface area contributed by atoms with Crippen molar-refractivity contribution in [1.82, 2.24) is 20.4 Å². The first-order chi connectivity index (χ1) is 9.16. The molecule has 2 atom stereocenters. The second kappa shape index (κ2) is 7.22. The highest BCUT2D eigenvalue weighted by Crippen LogP contribution is 2.15. The van der Waals surface area contributed by atoms with Gasteiger partial charge in [0.2, 0.25) is 5.91 Å². The predicted octanol–water partition coefficient (Wildman–Crippen LogP) is -0.262. The van der Waals surface area contributed by atoms with E-state index < -0.39 is 0 Å². The van der Waals surface area contributed by atoms with Crippen LogP contribution in [0.15, 0.2) is 0 Å². The molecule has 2 aliphatic heterocycles. The third-order valence-corrected chi connectivity index (χ3v) is 4.38. The van der Waals surface area contributed by atoms with E-state index >= 15 is 0 Å². The number of piperidine rings is 1. The summed E-state index contributed by atoms with van der Waals surface area (Å²) in [6.45, 7) is 9.38. The minimum atomic E-state index is 0.0150. The molecule has 2 rings (SSSR count). The molecule has 0 radical (unpaired) electrons. The molecule has 0 saturated carbocycles. The average molecular weight is 268 g/mol. The average Bonchev–Trinajstić information content (AvgIpc) is 2.41. The zero-order valence-electron chi connectivity index (χ0n) is 12.3. The Morgan fingerprint density at radius 1 is 1.32 bits per heavy atom. The molecule has 0 aliphatic carbocycles. The molecule has 1 amide bonds. The molecular weight excluding hydrogens is 240 g/mol. The van der Waals surface area contributed by atoms with E-state index in [1.165, 1.54) is 6.42 Å². The number of rotatable bonds is 4. The van der Waals surface area contributed by atoms with Gasteiger partial charge in [-0.05, 0) is 32.4 Å². The van der Waals surface area contributed by atoms with Crippen molar-refractivity contribution in [3.63, 3.8) is 0 Å². The van der Waals surface area contributed by atoms with E-state index in [1.807, 2.05) is 0 Å². The van der Waals surface area contributed by atoms with Crippen molar-refractivity contribution in [2.45, 2.75) is 25.8 Å². The van der Waals surface area contributed by atoms with Gasteiger partial charge in [-0.2, -0.15) is 0 Å². The molecule has 5 nitrogen and oxygen atoms in total. The maximum Gasteiger partial charge on any atom is 0.237 e. The molecule has 2 heterocycles. The molecule has 0 bridgehead atoms. The molecular formula is C14H28N4O. The van der Waals surface area contributed by atoms with Gasteiger partial charge in [0, 0.05) is 39.3 Å². The van der Waals surface area contributed by atoms with E-state index in [1.54, 1.807) is 0 Å². The number of hydrogen-bond acceptors (Lipinski definition) is 4. The lowest BCUT2D eigenvalue weighted by molar-refractivity contribution is -0.124. The number of amides is 1. The number of piperazine rings is 1. The lowest BCUT2D eigenvalue weighted by atomic mass is 9.92. The first-order valence-corrected chi connectivity index (χ1v) is 7.59. The van der Waals surface area contributed by atoms with Crippen molar-refractivity contribution < 1.29 is 4.79 Å². The fourth-order valence-corrected chi connectivity index (χ4v) is 2.92. The van der Waals surface area contributed by atoms with Crippen LogP contribution in [0.2, 0.25) is 0 Å². The van der Waals surface area contributed by atoms with Crippen LogP contribution in [0, 0.1) is 5.92 Å². The van der Waals surface area contributed by atoms with Crippen molar-refractivity contribution in [3.8, 4) is 0 Å². The van der Waals surface area contributed by atoms with Crippen molar-refractivity contribution in [2.75, 3.05) is 52.9 Å². The molecule has 0 aromatic rings. The summed E-state index contributed by atoms with van der Waals surface area (Å²) < 4.78 is 0. The number of hydrogen-bond donors (Lipinski definition) is 2. The van der Waals surface area contributed by atoms with E-state index in [-0.39, 0.29) is 11.9 Å². The molecule has 2 unspecified atom stereocenters. The van der Waals surface area contributed by atoms with E-state index in [0.29, 0.717) is 5.92 Å². The maximum absolute atomic E-state index is 12.1. The monoisotopic (exact) mass is 268 g/mol. The van der Waals surface area contributed by atoms with Gasteiger partial charge in [-0.3, -0.25) is 9.69 Å². The molecule has 2 N–H and O–H groups in total. The molecule has 5 heteroatoms. The molecule has 19 heavy (non-hydrogen) atoms. The fourth-order valence-electron chi connectivity index (χ4n) is 2.92.